The number of aromatic nitrogens is 1. The molecule has 6 heteroatoms. The first-order valence-electron chi connectivity index (χ1n) is 6.94. The third-order valence-electron chi connectivity index (χ3n) is 3.67. The zero-order valence-corrected chi connectivity index (χ0v) is 12.6. The second-order valence-electron chi connectivity index (χ2n) is 4.97. The highest BCUT2D eigenvalue weighted by molar-refractivity contribution is 7.11. The molecule has 1 aliphatic carbocycles. The summed E-state index contributed by atoms with van der Waals surface area (Å²) in [5.41, 5.74) is 8.89. The highest BCUT2D eigenvalue weighted by atomic mass is 32.1. The Morgan fingerprint density at radius 2 is 2.33 bits per heavy atom. The minimum Gasteiger partial charge on any atom is -0.462 e. The van der Waals surface area contributed by atoms with Gasteiger partial charge >= 0.3 is 5.97 Å². The van der Waals surface area contributed by atoms with Crippen LogP contribution in [0.1, 0.15) is 34.3 Å². The van der Waals surface area contributed by atoms with E-state index in [1.165, 1.54) is 22.7 Å². The van der Waals surface area contributed by atoms with Crippen LogP contribution in [0.25, 0.3) is 0 Å². The number of fused-ring (bicyclic) bond motifs is 1. The maximum atomic E-state index is 11.9. The zero-order valence-electron chi connectivity index (χ0n) is 11.8. The van der Waals surface area contributed by atoms with Gasteiger partial charge in [0.25, 0.3) is 0 Å². The molecule has 0 saturated heterocycles. The van der Waals surface area contributed by atoms with Crippen LogP contribution < -0.4 is 11.1 Å². The molecule has 0 saturated carbocycles. The molecule has 2 aromatic rings. The van der Waals surface area contributed by atoms with Crippen molar-refractivity contribution in [2.75, 3.05) is 24.2 Å². The summed E-state index contributed by atoms with van der Waals surface area (Å²) >= 11 is 1.20. The topological polar surface area (TPSA) is 77.2 Å². The number of ether oxygens (including phenoxy) is 1. The third kappa shape index (κ3) is 2.58. The lowest BCUT2D eigenvalue weighted by Crippen LogP contribution is -2.24. The van der Waals surface area contributed by atoms with Crippen molar-refractivity contribution in [3.8, 4) is 0 Å². The molecule has 1 atom stereocenters. The number of esters is 1. The highest BCUT2D eigenvalue weighted by Gasteiger charge is 2.26. The van der Waals surface area contributed by atoms with Gasteiger partial charge in [0, 0.05) is 12.5 Å². The van der Waals surface area contributed by atoms with Crippen LogP contribution in [0.4, 0.5) is 10.8 Å². The summed E-state index contributed by atoms with van der Waals surface area (Å²) in [6.45, 7) is 2.86. The lowest BCUT2D eigenvalue weighted by atomic mass is 9.78. The normalized spacial score (nSPS) is 16.0. The SMILES string of the molecule is CCOC(=O)c1c(N)nsc1NCC1Cc2ccccc21. The van der Waals surface area contributed by atoms with Gasteiger partial charge in [-0.3, -0.25) is 0 Å². The van der Waals surface area contributed by atoms with Crippen LogP contribution in [-0.2, 0) is 11.2 Å². The van der Waals surface area contributed by atoms with Gasteiger partial charge in [0.2, 0.25) is 0 Å². The number of nitrogens with zero attached hydrogens (tertiary/aromatic N) is 1. The van der Waals surface area contributed by atoms with Gasteiger partial charge in [-0.25, -0.2) is 4.79 Å². The molecule has 0 amide bonds. The quantitative estimate of drug-likeness (QED) is 0.830. The van der Waals surface area contributed by atoms with Gasteiger partial charge in [-0.05, 0) is 36.0 Å². The average molecular weight is 303 g/mol. The van der Waals surface area contributed by atoms with Crippen LogP contribution in [0.3, 0.4) is 0 Å². The molecule has 1 aromatic carbocycles. The van der Waals surface area contributed by atoms with Gasteiger partial charge in [0.1, 0.15) is 10.6 Å². The first-order valence-corrected chi connectivity index (χ1v) is 7.72. The summed E-state index contributed by atoms with van der Waals surface area (Å²) < 4.78 is 9.06. The van der Waals surface area contributed by atoms with E-state index in [0.29, 0.717) is 23.1 Å². The van der Waals surface area contributed by atoms with Crippen molar-refractivity contribution in [3.63, 3.8) is 0 Å². The number of benzene rings is 1. The van der Waals surface area contributed by atoms with Crippen molar-refractivity contribution in [2.45, 2.75) is 19.3 Å². The molecular formula is C15H17N3O2S. The summed E-state index contributed by atoms with van der Waals surface area (Å²) in [6.07, 6.45) is 1.06. The number of nitrogens with two attached hydrogens (primary N) is 1. The van der Waals surface area contributed by atoms with Crippen molar-refractivity contribution in [2.24, 2.45) is 0 Å². The molecule has 1 heterocycles. The maximum Gasteiger partial charge on any atom is 0.344 e. The Labute approximate surface area is 127 Å². The van der Waals surface area contributed by atoms with E-state index < -0.39 is 5.97 Å². The van der Waals surface area contributed by atoms with Crippen molar-refractivity contribution in [3.05, 3.63) is 41.0 Å². The van der Waals surface area contributed by atoms with E-state index in [4.69, 9.17) is 10.5 Å². The minimum absolute atomic E-state index is 0.231. The zero-order chi connectivity index (χ0) is 14.8. The Morgan fingerprint density at radius 3 is 3.10 bits per heavy atom. The van der Waals surface area contributed by atoms with Gasteiger partial charge < -0.3 is 15.8 Å². The average Bonchev–Trinajstić information content (AvgIpc) is 2.81. The van der Waals surface area contributed by atoms with Crippen LogP contribution in [0.5, 0.6) is 0 Å². The van der Waals surface area contributed by atoms with E-state index in [1.807, 2.05) is 0 Å². The Kier molecular flexibility index (Phi) is 3.79. The molecule has 1 aromatic heterocycles. The van der Waals surface area contributed by atoms with Crippen LogP contribution >= 0.6 is 11.5 Å². The molecule has 110 valence electrons. The van der Waals surface area contributed by atoms with E-state index in [-0.39, 0.29) is 5.82 Å². The lowest BCUT2D eigenvalue weighted by Gasteiger charge is -2.30. The number of carbonyl (C=O) groups is 1. The fraction of sp³-hybridized carbons (Fsp3) is 0.333. The fourth-order valence-electron chi connectivity index (χ4n) is 2.58. The monoisotopic (exact) mass is 303 g/mol. The smallest absolute Gasteiger partial charge is 0.344 e. The van der Waals surface area contributed by atoms with Crippen LogP contribution in [0.2, 0.25) is 0 Å². The molecule has 3 N–H and O–H groups in total. The van der Waals surface area contributed by atoms with Crippen LogP contribution in [0, 0.1) is 0 Å². The molecule has 0 fully saturated rings. The molecule has 3 rings (SSSR count). The van der Waals surface area contributed by atoms with Gasteiger partial charge in [-0.15, -0.1) is 0 Å². The first-order chi connectivity index (χ1) is 10.2. The van der Waals surface area contributed by atoms with E-state index in [2.05, 4.69) is 34.0 Å². The van der Waals surface area contributed by atoms with Crippen molar-refractivity contribution >= 4 is 28.3 Å². The Morgan fingerprint density at radius 1 is 1.52 bits per heavy atom. The largest absolute Gasteiger partial charge is 0.462 e. The van der Waals surface area contributed by atoms with Crippen molar-refractivity contribution < 1.29 is 9.53 Å². The number of hydrogen-bond donors (Lipinski definition) is 2. The van der Waals surface area contributed by atoms with Crippen LogP contribution in [0.15, 0.2) is 24.3 Å². The van der Waals surface area contributed by atoms with Crippen LogP contribution in [-0.4, -0.2) is 23.5 Å². The summed E-state index contributed by atoms with van der Waals surface area (Å²) in [5.74, 6) is 0.287. The number of carbonyl (C=O) groups excluding carboxylic acids is 1. The predicted octanol–water partition coefficient (Wildman–Crippen LogP) is 2.65. The molecule has 1 aliphatic rings. The Balaban J connectivity index is 1.68. The van der Waals surface area contributed by atoms with E-state index in [0.717, 1.165) is 13.0 Å². The molecule has 1 unspecified atom stereocenters. The lowest BCUT2D eigenvalue weighted by molar-refractivity contribution is 0.0529. The maximum absolute atomic E-state index is 11.9. The predicted molar refractivity (Wildman–Crippen MR) is 83.9 cm³/mol. The number of nitrogens with one attached hydrogen (secondary N) is 1. The second-order valence-corrected chi connectivity index (χ2v) is 5.75. The molecule has 0 aliphatic heterocycles. The molecule has 5 nitrogen and oxygen atoms in total. The van der Waals surface area contributed by atoms with Gasteiger partial charge in [0.05, 0.1) is 6.61 Å². The van der Waals surface area contributed by atoms with Gasteiger partial charge in [-0.1, -0.05) is 24.3 Å². The van der Waals surface area contributed by atoms with E-state index in [1.54, 1.807) is 6.92 Å². The number of anilines is 2. The van der Waals surface area contributed by atoms with E-state index >= 15 is 0 Å². The Hall–Kier alpha value is -2.08. The second kappa shape index (κ2) is 5.73. The van der Waals surface area contributed by atoms with Gasteiger partial charge in [-0.2, -0.15) is 4.37 Å². The van der Waals surface area contributed by atoms with Gasteiger partial charge in [0.15, 0.2) is 5.82 Å². The number of hydrogen-bond acceptors (Lipinski definition) is 6. The molecule has 0 bridgehead atoms. The van der Waals surface area contributed by atoms with E-state index in [9.17, 15) is 4.79 Å². The number of nitrogen functional groups attached to an aromatic ring is 1. The van der Waals surface area contributed by atoms with Crippen molar-refractivity contribution in [1.82, 2.24) is 4.37 Å². The highest BCUT2D eigenvalue weighted by Crippen LogP contribution is 2.36. The summed E-state index contributed by atoms with van der Waals surface area (Å²) in [4.78, 5) is 11.9. The number of rotatable bonds is 5. The minimum atomic E-state index is -0.416. The third-order valence-corrected chi connectivity index (χ3v) is 4.49. The Bertz CT molecular complexity index is 669. The molecule has 0 radical (unpaired) electrons. The van der Waals surface area contributed by atoms with Crippen molar-refractivity contribution in [1.29, 1.82) is 0 Å². The first kappa shape index (κ1) is 13.9. The molecular weight excluding hydrogens is 286 g/mol. The standard InChI is InChI=1S/C15H17N3O2S/c1-2-20-15(19)12-13(16)18-21-14(12)17-8-10-7-9-5-3-4-6-11(9)10/h3-6,10,17H,2,7-8H2,1H3,(H2,16,18). The summed E-state index contributed by atoms with van der Waals surface area (Å²) in [6, 6.07) is 8.42. The summed E-state index contributed by atoms with van der Waals surface area (Å²) in [5, 5.41) is 3.98. The molecule has 21 heavy (non-hydrogen) atoms. The fourth-order valence-corrected chi connectivity index (χ4v) is 3.29. The molecule has 0 spiro atoms. The summed E-state index contributed by atoms with van der Waals surface area (Å²) in [7, 11) is 0.